The van der Waals surface area contributed by atoms with E-state index in [0.29, 0.717) is 6.54 Å². The Morgan fingerprint density at radius 2 is 1.84 bits per heavy atom. The zero-order chi connectivity index (χ0) is 13.4. The Hall–Kier alpha value is -0.810. The van der Waals surface area contributed by atoms with Gasteiger partial charge in [0.05, 0.1) is 6.54 Å². The van der Waals surface area contributed by atoms with E-state index in [1.165, 1.54) is 6.42 Å². The minimum absolute atomic E-state index is 0. The first kappa shape index (κ1) is 18.2. The largest absolute Gasteiger partial charge is 0.347 e. The summed E-state index contributed by atoms with van der Waals surface area (Å²) in [7, 11) is 3.61. The Balaban J connectivity index is 0.00000324. The average Bonchev–Trinajstić information content (AvgIpc) is 2.42. The molecule has 112 valence electrons. The van der Waals surface area contributed by atoms with Crippen LogP contribution in [0.25, 0.3) is 0 Å². The second kappa shape index (κ2) is 10.0. The zero-order valence-electron chi connectivity index (χ0n) is 11.9. The van der Waals surface area contributed by atoms with Crippen LogP contribution in [0.2, 0.25) is 0 Å². The van der Waals surface area contributed by atoms with Crippen LogP contribution >= 0.6 is 12.4 Å². The lowest BCUT2D eigenvalue weighted by atomic mass is 9.89. The first-order valence-corrected chi connectivity index (χ1v) is 6.81. The van der Waals surface area contributed by atoms with Gasteiger partial charge >= 0.3 is 0 Å². The normalized spacial score (nSPS) is 15.5. The SMILES string of the molecule is CNCCN(C)C(=O)CNC(=O)C1CCCCC1.Cl. The van der Waals surface area contributed by atoms with Gasteiger partial charge in [0.25, 0.3) is 0 Å². The van der Waals surface area contributed by atoms with Crippen LogP contribution in [0, 0.1) is 5.92 Å². The van der Waals surface area contributed by atoms with Crippen molar-refractivity contribution in [2.45, 2.75) is 32.1 Å². The number of hydrogen-bond donors (Lipinski definition) is 2. The molecule has 0 spiro atoms. The maximum atomic E-state index is 11.8. The molecule has 0 bridgehead atoms. The lowest BCUT2D eigenvalue weighted by Gasteiger charge is -2.22. The first-order valence-electron chi connectivity index (χ1n) is 6.81. The first-order chi connectivity index (χ1) is 8.65. The number of rotatable bonds is 6. The van der Waals surface area contributed by atoms with Gasteiger partial charge in [0.1, 0.15) is 0 Å². The van der Waals surface area contributed by atoms with Gasteiger partial charge in [-0.15, -0.1) is 12.4 Å². The maximum absolute atomic E-state index is 11.8. The predicted molar refractivity (Wildman–Crippen MR) is 78.4 cm³/mol. The van der Waals surface area contributed by atoms with Crippen LogP contribution in [0.4, 0.5) is 0 Å². The number of nitrogens with zero attached hydrogens (tertiary/aromatic N) is 1. The highest BCUT2D eigenvalue weighted by Crippen LogP contribution is 2.23. The van der Waals surface area contributed by atoms with E-state index in [4.69, 9.17) is 0 Å². The molecular weight excluding hydrogens is 266 g/mol. The van der Waals surface area contributed by atoms with Crippen molar-refractivity contribution in [1.82, 2.24) is 15.5 Å². The highest BCUT2D eigenvalue weighted by atomic mass is 35.5. The predicted octanol–water partition coefficient (Wildman–Crippen LogP) is 0.782. The van der Waals surface area contributed by atoms with E-state index in [-0.39, 0.29) is 36.7 Å². The average molecular weight is 292 g/mol. The molecule has 1 saturated carbocycles. The van der Waals surface area contributed by atoms with E-state index in [9.17, 15) is 9.59 Å². The molecule has 1 rings (SSSR count). The maximum Gasteiger partial charge on any atom is 0.241 e. The third kappa shape index (κ3) is 6.78. The van der Waals surface area contributed by atoms with Crippen molar-refractivity contribution in [3.63, 3.8) is 0 Å². The number of hydrogen-bond acceptors (Lipinski definition) is 3. The van der Waals surface area contributed by atoms with E-state index in [2.05, 4.69) is 10.6 Å². The van der Waals surface area contributed by atoms with Gasteiger partial charge in [-0.05, 0) is 19.9 Å². The zero-order valence-corrected chi connectivity index (χ0v) is 12.7. The summed E-state index contributed by atoms with van der Waals surface area (Å²) in [5, 5.41) is 5.75. The molecule has 1 aliphatic carbocycles. The minimum Gasteiger partial charge on any atom is -0.347 e. The van der Waals surface area contributed by atoms with Crippen LogP contribution < -0.4 is 10.6 Å². The van der Waals surface area contributed by atoms with E-state index in [0.717, 1.165) is 32.2 Å². The summed E-state index contributed by atoms with van der Waals surface area (Å²) in [6, 6.07) is 0. The summed E-state index contributed by atoms with van der Waals surface area (Å²) in [4.78, 5) is 25.2. The van der Waals surface area contributed by atoms with E-state index >= 15 is 0 Å². The quantitative estimate of drug-likeness (QED) is 0.760. The topological polar surface area (TPSA) is 61.4 Å². The summed E-state index contributed by atoms with van der Waals surface area (Å²) in [5.74, 6) is 0.133. The smallest absolute Gasteiger partial charge is 0.241 e. The molecule has 0 saturated heterocycles. The third-order valence-corrected chi connectivity index (χ3v) is 3.51. The van der Waals surface area contributed by atoms with Gasteiger partial charge in [0, 0.05) is 26.1 Å². The van der Waals surface area contributed by atoms with Crippen LogP contribution in [0.3, 0.4) is 0 Å². The van der Waals surface area contributed by atoms with Gasteiger partial charge in [-0.1, -0.05) is 19.3 Å². The van der Waals surface area contributed by atoms with Crippen molar-refractivity contribution in [2.24, 2.45) is 5.92 Å². The Labute approximate surface area is 121 Å². The van der Waals surface area contributed by atoms with Gasteiger partial charge in [0.2, 0.25) is 11.8 Å². The van der Waals surface area contributed by atoms with Gasteiger partial charge in [0.15, 0.2) is 0 Å². The number of halogens is 1. The lowest BCUT2D eigenvalue weighted by Crippen LogP contribution is -2.42. The molecule has 2 N–H and O–H groups in total. The van der Waals surface area contributed by atoms with Gasteiger partial charge < -0.3 is 15.5 Å². The number of amides is 2. The van der Waals surface area contributed by atoms with E-state index in [1.54, 1.807) is 11.9 Å². The Kier molecular flexibility index (Phi) is 9.61. The molecule has 0 aromatic carbocycles. The molecule has 0 aromatic heterocycles. The fourth-order valence-corrected chi connectivity index (χ4v) is 2.21. The monoisotopic (exact) mass is 291 g/mol. The summed E-state index contributed by atoms with van der Waals surface area (Å²) < 4.78 is 0. The molecule has 0 aliphatic heterocycles. The summed E-state index contributed by atoms with van der Waals surface area (Å²) in [5.41, 5.74) is 0. The highest BCUT2D eigenvalue weighted by molar-refractivity contribution is 5.86. The van der Waals surface area contributed by atoms with Gasteiger partial charge in [-0.3, -0.25) is 9.59 Å². The minimum atomic E-state index is -0.0330. The van der Waals surface area contributed by atoms with E-state index < -0.39 is 0 Å². The van der Waals surface area contributed by atoms with Crippen LogP contribution in [0.1, 0.15) is 32.1 Å². The molecule has 0 unspecified atom stereocenters. The molecule has 6 heteroatoms. The molecule has 0 aromatic rings. The number of nitrogens with one attached hydrogen (secondary N) is 2. The number of likely N-dealkylation sites (N-methyl/N-ethyl adjacent to an activating group) is 2. The van der Waals surface area contributed by atoms with Crippen molar-refractivity contribution in [3.8, 4) is 0 Å². The van der Waals surface area contributed by atoms with Gasteiger partial charge in [-0.2, -0.15) is 0 Å². The molecular formula is C13H26ClN3O2. The molecule has 5 nitrogen and oxygen atoms in total. The van der Waals surface area contributed by atoms with Crippen LogP contribution in [-0.4, -0.2) is 50.4 Å². The standard InChI is InChI=1S/C13H25N3O2.ClH/c1-14-8-9-16(2)12(17)10-15-13(18)11-6-4-3-5-7-11;/h11,14H,3-10H2,1-2H3,(H,15,18);1H. The highest BCUT2D eigenvalue weighted by Gasteiger charge is 2.21. The fraction of sp³-hybridized carbons (Fsp3) is 0.846. The molecule has 1 aliphatic rings. The molecule has 1 fully saturated rings. The third-order valence-electron chi connectivity index (χ3n) is 3.51. The van der Waals surface area contributed by atoms with Crippen molar-refractivity contribution in [3.05, 3.63) is 0 Å². The van der Waals surface area contributed by atoms with Crippen molar-refractivity contribution >= 4 is 24.2 Å². The lowest BCUT2D eigenvalue weighted by molar-refractivity contribution is -0.133. The Bertz CT molecular complexity index is 281. The van der Waals surface area contributed by atoms with E-state index in [1.807, 2.05) is 7.05 Å². The van der Waals surface area contributed by atoms with Crippen LogP contribution in [0.5, 0.6) is 0 Å². The van der Waals surface area contributed by atoms with Crippen LogP contribution in [0.15, 0.2) is 0 Å². The second-order valence-electron chi connectivity index (χ2n) is 4.97. The summed E-state index contributed by atoms with van der Waals surface area (Å²) >= 11 is 0. The van der Waals surface area contributed by atoms with Gasteiger partial charge in [-0.25, -0.2) is 0 Å². The molecule has 0 heterocycles. The molecule has 0 radical (unpaired) electrons. The molecule has 0 atom stereocenters. The van der Waals surface area contributed by atoms with Crippen LogP contribution in [-0.2, 0) is 9.59 Å². The Morgan fingerprint density at radius 1 is 1.21 bits per heavy atom. The number of carbonyl (C=O) groups excluding carboxylic acids is 2. The fourth-order valence-electron chi connectivity index (χ4n) is 2.21. The van der Waals surface area contributed by atoms with Crippen molar-refractivity contribution < 1.29 is 9.59 Å². The summed E-state index contributed by atoms with van der Waals surface area (Å²) in [6.07, 6.45) is 5.43. The van der Waals surface area contributed by atoms with Crippen molar-refractivity contribution in [1.29, 1.82) is 0 Å². The molecule has 2 amide bonds. The molecule has 19 heavy (non-hydrogen) atoms. The number of carbonyl (C=O) groups is 2. The second-order valence-corrected chi connectivity index (χ2v) is 4.97. The Morgan fingerprint density at radius 3 is 2.42 bits per heavy atom. The van der Waals surface area contributed by atoms with Crippen molar-refractivity contribution in [2.75, 3.05) is 33.7 Å². The summed E-state index contributed by atoms with van der Waals surface area (Å²) in [6.45, 7) is 1.54.